The molecule has 1 aliphatic heterocycles. The van der Waals surface area contributed by atoms with Crippen molar-refractivity contribution >= 4 is 23.3 Å². The van der Waals surface area contributed by atoms with E-state index in [0.717, 1.165) is 23.2 Å². The number of carbonyl (C=O) groups is 1. The van der Waals surface area contributed by atoms with Crippen molar-refractivity contribution in [3.05, 3.63) is 65.2 Å². The molecular formula is C19H16ClFN4O. The van der Waals surface area contributed by atoms with E-state index in [1.807, 2.05) is 18.2 Å². The predicted octanol–water partition coefficient (Wildman–Crippen LogP) is 4.17. The number of pyridine rings is 1. The van der Waals surface area contributed by atoms with Crippen molar-refractivity contribution in [2.75, 3.05) is 11.4 Å². The van der Waals surface area contributed by atoms with Crippen LogP contribution in [0.5, 0.6) is 0 Å². The highest BCUT2D eigenvalue weighted by molar-refractivity contribution is 6.30. The molecule has 5 nitrogen and oxygen atoms in total. The SMILES string of the molecule is O=C1CC(c2ccc(F)c(Cl)c2)CCN1c1cc(-c2ccncc2)n[nH]1. The number of rotatable bonds is 3. The Bertz CT molecular complexity index is 944. The van der Waals surface area contributed by atoms with Crippen LogP contribution in [0.25, 0.3) is 11.3 Å². The zero-order chi connectivity index (χ0) is 18.1. The third-order valence-electron chi connectivity index (χ3n) is 4.67. The summed E-state index contributed by atoms with van der Waals surface area (Å²) >= 11 is 5.87. The number of aromatic nitrogens is 3. The number of aromatic amines is 1. The molecule has 0 bridgehead atoms. The van der Waals surface area contributed by atoms with E-state index < -0.39 is 5.82 Å². The molecule has 1 amide bonds. The lowest BCUT2D eigenvalue weighted by Gasteiger charge is -2.30. The van der Waals surface area contributed by atoms with Crippen LogP contribution in [-0.4, -0.2) is 27.6 Å². The quantitative estimate of drug-likeness (QED) is 0.752. The van der Waals surface area contributed by atoms with Gasteiger partial charge in [0.05, 0.1) is 10.7 Å². The van der Waals surface area contributed by atoms with Crippen LogP contribution in [0.1, 0.15) is 24.3 Å². The van der Waals surface area contributed by atoms with Crippen molar-refractivity contribution in [2.45, 2.75) is 18.8 Å². The van der Waals surface area contributed by atoms with Gasteiger partial charge >= 0.3 is 0 Å². The molecule has 1 aromatic carbocycles. The number of anilines is 1. The summed E-state index contributed by atoms with van der Waals surface area (Å²) in [7, 11) is 0. The van der Waals surface area contributed by atoms with Gasteiger partial charge in [0, 0.05) is 37.0 Å². The van der Waals surface area contributed by atoms with Gasteiger partial charge < -0.3 is 0 Å². The van der Waals surface area contributed by atoms with Crippen LogP contribution in [0.4, 0.5) is 10.2 Å². The normalized spacial score (nSPS) is 17.5. The summed E-state index contributed by atoms with van der Waals surface area (Å²) < 4.78 is 13.3. The molecule has 1 saturated heterocycles. The number of benzene rings is 1. The number of amides is 1. The lowest BCUT2D eigenvalue weighted by molar-refractivity contribution is -0.120. The summed E-state index contributed by atoms with van der Waals surface area (Å²) in [5, 5.41) is 7.32. The van der Waals surface area contributed by atoms with Crippen LogP contribution in [0, 0.1) is 5.82 Å². The molecule has 1 fully saturated rings. The lowest BCUT2D eigenvalue weighted by atomic mass is 9.89. The molecule has 1 atom stereocenters. The number of carbonyl (C=O) groups excluding carboxylic acids is 1. The fourth-order valence-electron chi connectivity index (χ4n) is 3.26. The molecule has 0 spiro atoms. The molecule has 0 aliphatic carbocycles. The molecule has 7 heteroatoms. The first-order chi connectivity index (χ1) is 12.6. The monoisotopic (exact) mass is 370 g/mol. The van der Waals surface area contributed by atoms with Gasteiger partial charge in [-0.3, -0.25) is 19.8 Å². The Morgan fingerprint density at radius 1 is 1.19 bits per heavy atom. The molecule has 3 aromatic rings. The van der Waals surface area contributed by atoms with E-state index in [2.05, 4.69) is 15.2 Å². The van der Waals surface area contributed by atoms with Crippen molar-refractivity contribution in [3.8, 4) is 11.3 Å². The molecule has 2 aromatic heterocycles. The standard InChI is InChI=1S/C19H16ClFN4O/c20-15-9-13(1-2-16(15)21)14-5-8-25(19(26)10-14)18-11-17(23-24-18)12-3-6-22-7-4-12/h1-4,6-7,9,11,14H,5,8,10H2,(H,23,24). The van der Waals surface area contributed by atoms with Gasteiger partial charge in [-0.15, -0.1) is 0 Å². The number of nitrogens with zero attached hydrogens (tertiary/aromatic N) is 3. The van der Waals surface area contributed by atoms with Crippen LogP contribution in [0.15, 0.2) is 48.8 Å². The molecule has 132 valence electrons. The Kier molecular flexibility index (Phi) is 4.42. The van der Waals surface area contributed by atoms with Crippen molar-refractivity contribution in [1.82, 2.24) is 15.2 Å². The zero-order valence-electron chi connectivity index (χ0n) is 13.8. The number of hydrogen-bond donors (Lipinski definition) is 1. The summed E-state index contributed by atoms with van der Waals surface area (Å²) in [6.07, 6.45) is 4.53. The number of H-pyrrole nitrogens is 1. The summed E-state index contributed by atoms with van der Waals surface area (Å²) in [6, 6.07) is 10.3. The Morgan fingerprint density at radius 3 is 2.73 bits per heavy atom. The lowest BCUT2D eigenvalue weighted by Crippen LogP contribution is -2.38. The molecule has 1 aliphatic rings. The van der Waals surface area contributed by atoms with Crippen molar-refractivity contribution < 1.29 is 9.18 Å². The highest BCUT2D eigenvalue weighted by Gasteiger charge is 2.29. The van der Waals surface area contributed by atoms with Crippen LogP contribution in [0.3, 0.4) is 0 Å². The average Bonchev–Trinajstić information content (AvgIpc) is 3.14. The Labute approximate surface area is 154 Å². The van der Waals surface area contributed by atoms with E-state index in [1.165, 1.54) is 6.07 Å². The number of nitrogens with one attached hydrogen (secondary N) is 1. The molecule has 26 heavy (non-hydrogen) atoms. The van der Waals surface area contributed by atoms with Crippen molar-refractivity contribution in [2.24, 2.45) is 0 Å². The molecular weight excluding hydrogens is 355 g/mol. The largest absolute Gasteiger partial charge is 0.297 e. The minimum absolute atomic E-state index is 0.00613. The van der Waals surface area contributed by atoms with Gasteiger partial charge in [0.15, 0.2) is 0 Å². The minimum Gasteiger partial charge on any atom is -0.297 e. The third-order valence-corrected chi connectivity index (χ3v) is 4.96. The van der Waals surface area contributed by atoms with E-state index >= 15 is 0 Å². The topological polar surface area (TPSA) is 61.9 Å². The smallest absolute Gasteiger partial charge is 0.228 e. The van der Waals surface area contributed by atoms with Gasteiger partial charge in [-0.05, 0) is 42.2 Å². The molecule has 3 heterocycles. The van der Waals surface area contributed by atoms with E-state index in [0.29, 0.717) is 18.8 Å². The van der Waals surface area contributed by atoms with E-state index in [9.17, 15) is 9.18 Å². The van der Waals surface area contributed by atoms with Gasteiger partial charge in [-0.25, -0.2) is 4.39 Å². The number of hydrogen-bond acceptors (Lipinski definition) is 3. The second kappa shape index (κ2) is 6.88. The Morgan fingerprint density at radius 2 is 2.00 bits per heavy atom. The predicted molar refractivity (Wildman–Crippen MR) is 97.6 cm³/mol. The van der Waals surface area contributed by atoms with Crippen LogP contribution in [0.2, 0.25) is 5.02 Å². The first kappa shape index (κ1) is 16.7. The van der Waals surface area contributed by atoms with E-state index in [4.69, 9.17) is 11.6 Å². The fourth-order valence-corrected chi connectivity index (χ4v) is 3.45. The minimum atomic E-state index is -0.444. The van der Waals surface area contributed by atoms with E-state index in [1.54, 1.807) is 29.4 Å². The second-order valence-electron chi connectivity index (χ2n) is 6.28. The summed E-state index contributed by atoms with van der Waals surface area (Å²) in [6.45, 7) is 0.566. The van der Waals surface area contributed by atoms with Crippen LogP contribution in [-0.2, 0) is 4.79 Å². The molecule has 1 N–H and O–H groups in total. The van der Waals surface area contributed by atoms with Gasteiger partial charge in [0.2, 0.25) is 5.91 Å². The van der Waals surface area contributed by atoms with Crippen LogP contribution >= 0.6 is 11.6 Å². The van der Waals surface area contributed by atoms with Crippen LogP contribution < -0.4 is 4.90 Å². The van der Waals surface area contributed by atoms with Gasteiger partial charge in [-0.2, -0.15) is 5.10 Å². The van der Waals surface area contributed by atoms with Crippen molar-refractivity contribution in [3.63, 3.8) is 0 Å². The molecule has 0 saturated carbocycles. The second-order valence-corrected chi connectivity index (χ2v) is 6.69. The molecule has 4 rings (SSSR count). The number of halogens is 2. The maximum absolute atomic E-state index is 13.3. The van der Waals surface area contributed by atoms with Crippen molar-refractivity contribution in [1.29, 1.82) is 0 Å². The first-order valence-corrected chi connectivity index (χ1v) is 8.71. The summed E-state index contributed by atoms with van der Waals surface area (Å²) in [5.74, 6) is 0.281. The maximum atomic E-state index is 13.3. The highest BCUT2D eigenvalue weighted by atomic mass is 35.5. The third kappa shape index (κ3) is 3.20. The molecule has 1 unspecified atom stereocenters. The average molecular weight is 371 g/mol. The van der Waals surface area contributed by atoms with Gasteiger partial charge in [0.25, 0.3) is 0 Å². The first-order valence-electron chi connectivity index (χ1n) is 8.33. The Hall–Kier alpha value is -2.73. The Balaban J connectivity index is 1.50. The molecule has 0 radical (unpaired) electrons. The van der Waals surface area contributed by atoms with Gasteiger partial charge in [0.1, 0.15) is 11.6 Å². The summed E-state index contributed by atoms with van der Waals surface area (Å²) in [4.78, 5) is 18.3. The maximum Gasteiger partial charge on any atom is 0.228 e. The number of piperidine rings is 1. The van der Waals surface area contributed by atoms with Gasteiger partial charge in [-0.1, -0.05) is 17.7 Å². The highest BCUT2D eigenvalue weighted by Crippen LogP contribution is 2.33. The zero-order valence-corrected chi connectivity index (χ0v) is 14.6. The van der Waals surface area contributed by atoms with E-state index in [-0.39, 0.29) is 16.8 Å². The summed E-state index contributed by atoms with van der Waals surface area (Å²) in [5.41, 5.74) is 2.60. The fraction of sp³-hybridized carbons (Fsp3) is 0.211.